The lowest BCUT2D eigenvalue weighted by Crippen LogP contribution is -2.42. The molecule has 0 bridgehead atoms. The molecule has 2 heterocycles. The lowest BCUT2D eigenvalue weighted by molar-refractivity contribution is 0.232. The molecule has 1 aromatic heterocycles. The topological polar surface area (TPSA) is 33.1 Å². The van der Waals surface area contributed by atoms with Crippen molar-refractivity contribution < 1.29 is 0 Å². The summed E-state index contributed by atoms with van der Waals surface area (Å²) in [6.07, 6.45) is 4.78. The van der Waals surface area contributed by atoms with Crippen molar-refractivity contribution in [3.63, 3.8) is 0 Å². The Labute approximate surface area is 96.6 Å². The van der Waals surface area contributed by atoms with Crippen LogP contribution in [0.25, 0.3) is 0 Å². The molecule has 1 aromatic rings. The summed E-state index contributed by atoms with van der Waals surface area (Å²) in [5, 5.41) is 7.81. The van der Waals surface area contributed by atoms with Gasteiger partial charge in [0.1, 0.15) is 0 Å². The third-order valence-electron chi connectivity index (χ3n) is 3.63. The van der Waals surface area contributed by atoms with E-state index >= 15 is 0 Å². The average molecular weight is 220 g/mol. The minimum absolute atomic E-state index is 0.797. The molecule has 88 valence electrons. The maximum atomic E-state index is 4.42. The van der Waals surface area contributed by atoms with E-state index in [-0.39, 0.29) is 0 Å². The van der Waals surface area contributed by atoms with E-state index in [2.05, 4.69) is 33.2 Å². The van der Waals surface area contributed by atoms with Crippen molar-refractivity contribution in [2.45, 2.75) is 25.3 Å². The molecule has 0 atom stereocenters. The first-order valence-electron chi connectivity index (χ1n) is 6.28. The molecule has 2 aliphatic rings. The van der Waals surface area contributed by atoms with E-state index in [0.717, 1.165) is 25.6 Å². The zero-order chi connectivity index (χ0) is 11.0. The zero-order valence-corrected chi connectivity index (χ0v) is 9.95. The first kappa shape index (κ1) is 10.3. The number of hydrogen-bond acceptors (Lipinski definition) is 3. The van der Waals surface area contributed by atoms with Crippen molar-refractivity contribution in [3.8, 4) is 0 Å². The molecule has 0 radical (unpaired) electrons. The van der Waals surface area contributed by atoms with Gasteiger partial charge < -0.3 is 5.32 Å². The summed E-state index contributed by atoms with van der Waals surface area (Å²) in [5.41, 5.74) is 2.94. The first-order chi connectivity index (χ1) is 7.84. The van der Waals surface area contributed by atoms with Crippen LogP contribution in [0.4, 0.5) is 0 Å². The van der Waals surface area contributed by atoms with Crippen LogP contribution in [0.2, 0.25) is 0 Å². The highest BCUT2D eigenvalue weighted by molar-refractivity contribution is 5.25. The Balaban J connectivity index is 1.73. The molecule has 0 spiro atoms. The number of rotatable bonds is 3. The monoisotopic (exact) mass is 220 g/mol. The minimum atomic E-state index is 0.797. The average Bonchev–Trinajstić information content (AvgIpc) is 3.07. The van der Waals surface area contributed by atoms with Gasteiger partial charge in [-0.1, -0.05) is 0 Å². The highest BCUT2D eigenvalue weighted by Crippen LogP contribution is 2.41. The van der Waals surface area contributed by atoms with Gasteiger partial charge in [0, 0.05) is 56.9 Å². The number of nitrogens with one attached hydrogen (secondary N) is 1. The molecule has 1 saturated heterocycles. The van der Waals surface area contributed by atoms with Crippen LogP contribution < -0.4 is 5.32 Å². The lowest BCUT2D eigenvalue weighted by atomic mass is 10.1. The van der Waals surface area contributed by atoms with Gasteiger partial charge in [0.25, 0.3) is 0 Å². The second-order valence-corrected chi connectivity index (χ2v) is 4.98. The van der Waals surface area contributed by atoms with Crippen LogP contribution in [0.15, 0.2) is 6.20 Å². The van der Waals surface area contributed by atoms with E-state index in [0.29, 0.717) is 0 Å². The number of piperazine rings is 1. The Hall–Kier alpha value is -0.870. The van der Waals surface area contributed by atoms with Crippen LogP contribution in [0, 0.1) is 0 Å². The molecule has 1 aliphatic carbocycles. The third-order valence-corrected chi connectivity index (χ3v) is 3.63. The summed E-state index contributed by atoms with van der Waals surface area (Å²) in [4.78, 5) is 2.53. The van der Waals surface area contributed by atoms with Crippen molar-refractivity contribution in [2.75, 3.05) is 26.2 Å². The molecule has 1 saturated carbocycles. The summed E-state index contributed by atoms with van der Waals surface area (Å²) in [7, 11) is 2.08. The number of hydrogen-bond donors (Lipinski definition) is 1. The van der Waals surface area contributed by atoms with Gasteiger partial charge in [0.2, 0.25) is 0 Å². The molecule has 0 unspecified atom stereocenters. The fraction of sp³-hybridized carbons (Fsp3) is 0.750. The predicted molar refractivity (Wildman–Crippen MR) is 63.3 cm³/mol. The predicted octanol–water partition coefficient (Wildman–Crippen LogP) is 0.703. The van der Waals surface area contributed by atoms with Crippen LogP contribution in [-0.4, -0.2) is 40.9 Å². The van der Waals surface area contributed by atoms with Crippen LogP contribution in [0.5, 0.6) is 0 Å². The Morgan fingerprint density at radius 3 is 2.81 bits per heavy atom. The Kier molecular flexibility index (Phi) is 2.69. The number of nitrogens with zero attached hydrogens (tertiary/aromatic N) is 3. The minimum Gasteiger partial charge on any atom is -0.314 e. The summed E-state index contributed by atoms with van der Waals surface area (Å²) >= 11 is 0. The smallest absolute Gasteiger partial charge is 0.0537 e. The molecular formula is C12H20N4. The fourth-order valence-electron chi connectivity index (χ4n) is 2.61. The lowest BCUT2D eigenvalue weighted by Gasteiger charge is -2.27. The van der Waals surface area contributed by atoms with Crippen LogP contribution in [0.3, 0.4) is 0 Å². The third kappa shape index (κ3) is 1.99. The van der Waals surface area contributed by atoms with E-state index in [1.54, 1.807) is 0 Å². The number of aromatic nitrogens is 2. The van der Waals surface area contributed by atoms with Crippen LogP contribution in [-0.2, 0) is 13.6 Å². The van der Waals surface area contributed by atoms with Gasteiger partial charge in [0.15, 0.2) is 0 Å². The summed E-state index contributed by atoms with van der Waals surface area (Å²) in [5.74, 6) is 0.797. The van der Waals surface area contributed by atoms with Gasteiger partial charge in [0.05, 0.1) is 6.20 Å². The second kappa shape index (κ2) is 4.18. The first-order valence-corrected chi connectivity index (χ1v) is 6.28. The molecule has 0 amide bonds. The maximum absolute atomic E-state index is 4.42. The SMILES string of the molecule is Cn1ncc(CN2CCNCC2)c1C1CC1. The van der Waals surface area contributed by atoms with Gasteiger partial charge in [-0.2, -0.15) is 5.10 Å². The summed E-state index contributed by atoms with van der Waals surface area (Å²) < 4.78 is 2.08. The van der Waals surface area contributed by atoms with E-state index < -0.39 is 0 Å². The summed E-state index contributed by atoms with van der Waals surface area (Å²) in [6, 6.07) is 0. The second-order valence-electron chi connectivity index (χ2n) is 4.98. The van der Waals surface area contributed by atoms with Gasteiger partial charge >= 0.3 is 0 Å². The van der Waals surface area contributed by atoms with Gasteiger partial charge in [-0.3, -0.25) is 9.58 Å². The Bertz CT molecular complexity index is 361. The van der Waals surface area contributed by atoms with Gasteiger partial charge in [-0.15, -0.1) is 0 Å². The molecule has 0 aromatic carbocycles. The normalized spacial score (nSPS) is 22.6. The van der Waals surface area contributed by atoms with Crippen LogP contribution >= 0.6 is 0 Å². The molecule has 16 heavy (non-hydrogen) atoms. The summed E-state index contributed by atoms with van der Waals surface area (Å²) in [6.45, 7) is 5.66. The zero-order valence-electron chi connectivity index (χ0n) is 9.95. The van der Waals surface area contributed by atoms with Crippen molar-refractivity contribution in [1.29, 1.82) is 0 Å². The van der Waals surface area contributed by atoms with E-state index in [4.69, 9.17) is 0 Å². The maximum Gasteiger partial charge on any atom is 0.0537 e. The highest BCUT2D eigenvalue weighted by atomic mass is 15.3. The quantitative estimate of drug-likeness (QED) is 0.814. The van der Waals surface area contributed by atoms with Crippen molar-refractivity contribution in [1.82, 2.24) is 20.0 Å². The highest BCUT2D eigenvalue weighted by Gasteiger charge is 2.29. The number of aryl methyl sites for hydroxylation is 1. The fourth-order valence-corrected chi connectivity index (χ4v) is 2.61. The van der Waals surface area contributed by atoms with Gasteiger partial charge in [-0.25, -0.2) is 0 Å². The van der Waals surface area contributed by atoms with Crippen molar-refractivity contribution in [2.24, 2.45) is 7.05 Å². The van der Waals surface area contributed by atoms with Crippen LogP contribution in [0.1, 0.15) is 30.0 Å². The van der Waals surface area contributed by atoms with Gasteiger partial charge in [-0.05, 0) is 12.8 Å². The van der Waals surface area contributed by atoms with Crippen molar-refractivity contribution >= 4 is 0 Å². The standard InChI is InChI=1S/C12H20N4/c1-15-12(10-2-3-10)11(8-14-15)9-16-6-4-13-5-7-16/h8,10,13H,2-7,9H2,1H3. The molecular weight excluding hydrogens is 200 g/mol. The molecule has 1 aliphatic heterocycles. The Morgan fingerprint density at radius 2 is 2.12 bits per heavy atom. The van der Waals surface area contributed by atoms with E-state index in [1.807, 2.05) is 0 Å². The Morgan fingerprint density at radius 1 is 1.38 bits per heavy atom. The van der Waals surface area contributed by atoms with E-state index in [1.165, 1.54) is 37.2 Å². The molecule has 2 fully saturated rings. The molecule has 1 N–H and O–H groups in total. The van der Waals surface area contributed by atoms with Crippen molar-refractivity contribution in [3.05, 3.63) is 17.5 Å². The molecule has 3 rings (SSSR count). The molecule has 4 nitrogen and oxygen atoms in total. The van der Waals surface area contributed by atoms with E-state index in [9.17, 15) is 0 Å². The molecule has 4 heteroatoms. The largest absolute Gasteiger partial charge is 0.314 e.